The van der Waals surface area contributed by atoms with Crippen molar-refractivity contribution in [3.05, 3.63) is 53.6 Å². The molecule has 4 heteroatoms. The molecular weight excluding hydrogens is 278 g/mol. The summed E-state index contributed by atoms with van der Waals surface area (Å²) >= 11 is 0. The van der Waals surface area contributed by atoms with Crippen molar-refractivity contribution in [2.24, 2.45) is 0 Å². The highest BCUT2D eigenvalue weighted by atomic mass is 16.5. The largest absolute Gasteiger partial charge is 0.493 e. The van der Waals surface area contributed by atoms with Crippen LogP contribution in [0.4, 0.5) is 0 Å². The molecule has 0 heterocycles. The standard InChI is InChI=1S/C18H23NO3/c1-20-16-10-9-15(17(21-2)18(16)22-3)13-19-12-11-14-7-5-4-6-8-14/h4-10,19H,11-13H2,1-3H3/p+1. The summed E-state index contributed by atoms with van der Waals surface area (Å²) in [5.41, 5.74) is 2.46. The van der Waals surface area contributed by atoms with Crippen LogP contribution in [0.5, 0.6) is 17.2 Å². The summed E-state index contributed by atoms with van der Waals surface area (Å²) in [5.74, 6) is 2.09. The molecule has 2 aromatic carbocycles. The molecule has 0 unspecified atom stereocenters. The molecule has 0 atom stereocenters. The van der Waals surface area contributed by atoms with E-state index in [1.54, 1.807) is 21.3 Å². The number of benzene rings is 2. The van der Waals surface area contributed by atoms with Gasteiger partial charge in [0.2, 0.25) is 5.75 Å². The predicted octanol–water partition coefficient (Wildman–Crippen LogP) is 2.02. The van der Waals surface area contributed by atoms with E-state index >= 15 is 0 Å². The van der Waals surface area contributed by atoms with Crippen molar-refractivity contribution >= 4 is 0 Å². The Labute approximate surface area is 132 Å². The van der Waals surface area contributed by atoms with Crippen LogP contribution < -0.4 is 19.5 Å². The highest BCUT2D eigenvalue weighted by molar-refractivity contribution is 5.55. The molecule has 0 aromatic heterocycles. The molecule has 0 aliphatic carbocycles. The lowest BCUT2D eigenvalue weighted by atomic mass is 10.1. The maximum absolute atomic E-state index is 5.50. The number of hydrogen-bond acceptors (Lipinski definition) is 3. The summed E-state index contributed by atoms with van der Waals surface area (Å²) in [5, 5.41) is 2.27. The van der Waals surface area contributed by atoms with Gasteiger partial charge in [-0.05, 0) is 17.7 Å². The zero-order chi connectivity index (χ0) is 15.8. The Morgan fingerprint density at radius 2 is 1.55 bits per heavy atom. The van der Waals surface area contributed by atoms with Crippen molar-refractivity contribution in [2.45, 2.75) is 13.0 Å². The fourth-order valence-corrected chi connectivity index (χ4v) is 2.49. The Kier molecular flexibility index (Phi) is 6.10. The van der Waals surface area contributed by atoms with Gasteiger partial charge in [-0.25, -0.2) is 0 Å². The molecule has 118 valence electrons. The third-order valence-electron chi connectivity index (χ3n) is 3.63. The van der Waals surface area contributed by atoms with Gasteiger partial charge in [-0.3, -0.25) is 0 Å². The number of hydrogen-bond donors (Lipinski definition) is 1. The van der Waals surface area contributed by atoms with Crippen LogP contribution in [-0.4, -0.2) is 27.9 Å². The van der Waals surface area contributed by atoms with Gasteiger partial charge < -0.3 is 19.5 Å². The van der Waals surface area contributed by atoms with Crippen molar-refractivity contribution in [1.29, 1.82) is 0 Å². The van der Waals surface area contributed by atoms with Crippen LogP contribution >= 0.6 is 0 Å². The SMILES string of the molecule is COc1ccc(C[NH2+]CCc2ccccc2)c(OC)c1OC. The van der Waals surface area contributed by atoms with E-state index in [1.165, 1.54) is 5.56 Å². The molecule has 4 nitrogen and oxygen atoms in total. The van der Waals surface area contributed by atoms with Crippen LogP contribution in [0.2, 0.25) is 0 Å². The van der Waals surface area contributed by atoms with Crippen LogP contribution in [0, 0.1) is 0 Å². The van der Waals surface area contributed by atoms with Gasteiger partial charge in [0.05, 0.1) is 33.4 Å². The molecule has 2 aromatic rings. The lowest BCUT2D eigenvalue weighted by Crippen LogP contribution is -2.83. The van der Waals surface area contributed by atoms with Crippen LogP contribution in [0.15, 0.2) is 42.5 Å². The predicted molar refractivity (Wildman–Crippen MR) is 86.7 cm³/mol. The normalized spacial score (nSPS) is 10.3. The number of nitrogens with two attached hydrogens (primary N) is 1. The van der Waals surface area contributed by atoms with Gasteiger partial charge in [0.15, 0.2) is 11.5 Å². The Morgan fingerprint density at radius 1 is 0.818 bits per heavy atom. The first-order chi connectivity index (χ1) is 10.8. The first-order valence-corrected chi connectivity index (χ1v) is 7.43. The minimum absolute atomic E-state index is 0.652. The van der Waals surface area contributed by atoms with Gasteiger partial charge in [0.1, 0.15) is 6.54 Å². The van der Waals surface area contributed by atoms with E-state index in [0.717, 1.165) is 30.8 Å². The van der Waals surface area contributed by atoms with E-state index in [-0.39, 0.29) is 0 Å². The van der Waals surface area contributed by atoms with E-state index in [9.17, 15) is 0 Å². The van der Waals surface area contributed by atoms with Crippen molar-refractivity contribution in [3.63, 3.8) is 0 Å². The van der Waals surface area contributed by atoms with Gasteiger partial charge in [0, 0.05) is 6.42 Å². The van der Waals surface area contributed by atoms with Gasteiger partial charge in [-0.15, -0.1) is 0 Å². The summed E-state index contributed by atoms with van der Waals surface area (Å²) in [6.45, 7) is 1.87. The second-order valence-electron chi connectivity index (χ2n) is 5.01. The first-order valence-electron chi connectivity index (χ1n) is 7.43. The Morgan fingerprint density at radius 3 is 2.18 bits per heavy atom. The highest BCUT2D eigenvalue weighted by Crippen LogP contribution is 2.39. The average molecular weight is 302 g/mol. The second-order valence-corrected chi connectivity index (χ2v) is 5.01. The fourth-order valence-electron chi connectivity index (χ4n) is 2.49. The maximum atomic E-state index is 5.50. The highest BCUT2D eigenvalue weighted by Gasteiger charge is 2.16. The Bertz CT molecular complexity index is 584. The Balaban J connectivity index is 1.97. The molecule has 2 N–H and O–H groups in total. The molecule has 0 amide bonds. The minimum Gasteiger partial charge on any atom is -0.493 e. The van der Waals surface area contributed by atoms with Crippen LogP contribution in [0.1, 0.15) is 11.1 Å². The molecule has 0 fully saturated rings. The third kappa shape index (κ3) is 3.92. The molecule has 0 radical (unpaired) electrons. The molecule has 0 aliphatic rings. The van der Waals surface area contributed by atoms with E-state index < -0.39 is 0 Å². The van der Waals surface area contributed by atoms with Gasteiger partial charge in [0.25, 0.3) is 0 Å². The lowest BCUT2D eigenvalue weighted by Gasteiger charge is -2.15. The maximum Gasteiger partial charge on any atom is 0.203 e. The molecule has 0 aliphatic heterocycles. The van der Waals surface area contributed by atoms with E-state index in [1.807, 2.05) is 18.2 Å². The molecule has 0 saturated carbocycles. The summed E-state index contributed by atoms with van der Waals surface area (Å²) in [7, 11) is 4.91. The van der Waals surface area contributed by atoms with Gasteiger partial charge in [-0.2, -0.15) is 0 Å². The van der Waals surface area contributed by atoms with Gasteiger partial charge >= 0.3 is 0 Å². The number of methoxy groups -OCH3 is 3. The zero-order valence-corrected chi connectivity index (χ0v) is 13.5. The summed E-state index contributed by atoms with van der Waals surface area (Å²) < 4.78 is 16.2. The quantitative estimate of drug-likeness (QED) is 0.759. The number of ether oxygens (including phenoxy) is 3. The Hall–Kier alpha value is -2.20. The molecule has 0 bridgehead atoms. The van der Waals surface area contributed by atoms with Crippen molar-refractivity contribution in [2.75, 3.05) is 27.9 Å². The molecular formula is C18H24NO3+. The van der Waals surface area contributed by atoms with E-state index in [2.05, 4.69) is 29.6 Å². The summed E-state index contributed by atoms with van der Waals surface area (Å²) in [6, 6.07) is 14.5. The third-order valence-corrected chi connectivity index (χ3v) is 3.63. The molecule has 0 spiro atoms. The molecule has 2 rings (SSSR count). The lowest BCUT2D eigenvalue weighted by molar-refractivity contribution is -0.670. The number of quaternary nitrogens is 1. The van der Waals surface area contributed by atoms with Gasteiger partial charge in [-0.1, -0.05) is 30.3 Å². The fraction of sp³-hybridized carbons (Fsp3) is 0.333. The molecule has 22 heavy (non-hydrogen) atoms. The van der Waals surface area contributed by atoms with Crippen LogP contribution in [0.3, 0.4) is 0 Å². The van der Waals surface area contributed by atoms with Crippen molar-refractivity contribution < 1.29 is 19.5 Å². The minimum atomic E-state index is 0.652. The van der Waals surface area contributed by atoms with Crippen LogP contribution in [0.25, 0.3) is 0 Å². The topological polar surface area (TPSA) is 44.3 Å². The second kappa shape index (κ2) is 8.29. The van der Waals surface area contributed by atoms with E-state index in [0.29, 0.717) is 11.5 Å². The summed E-state index contributed by atoms with van der Waals surface area (Å²) in [6.07, 6.45) is 1.05. The monoisotopic (exact) mass is 302 g/mol. The number of rotatable bonds is 8. The van der Waals surface area contributed by atoms with Crippen molar-refractivity contribution in [3.8, 4) is 17.2 Å². The van der Waals surface area contributed by atoms with Crippen molar-refractivity contribution in [1.82, 2.24) is 0 Å². The van der Waals surface area contributed by atoms with E-state index in [4.69, 9.17) is 14.2 Å². The smallest absolute Gasteiger partial charge is 0.203 e. The van der Waals surface area contributed by atoms with Crippen LogP contribution in [-0.2, 0) is 13.0 Å². The average Bonchev–Trinajstić information content (AvgIpc) is 2.58. The first kappa shape index (κ1) is 16.2. The molecule has 0 saturated heterocycles. The summed E-state index contributed by atoms with van der Waals surface area (Å²) in [4.78, 5) is 0. The zero-order valence-electron chi connectivity index (χ0n) is 13.5.